The van der Waals surface area contributed by atoms with E-state index in [4.69, 9.17) is 9.47 Å². The zero-order chi connectivity index (χ0) is 20.2. The summed E-state index contributed by atoms with van der Waals surface area (Å²) in [5, 5.41) is 9.53. The van der Waals surface area contributed by atoms with Crippen molar-refractivity contribution in [1.29, 1.82) is 0 Å². The molecule has 156 valence electrons. The highest BCUT2D eigenvalue weighted by Gasteiger charge is 2.32. The van der Waals surface area contributed by atoms with Crippen molar-refractivity contribution < 1.29 is 14.3 Å². The number of carbonyl (C=O) groups is 1. The summed E-state index contributed by atoms with van der Waals surface area (Å²) in [6.07, 6.45) is 6.44. The van der Waals surface area contributed by atoms with Crippen LogP contribution in [0.5, 0.6) is 11.5 Å². The summed E-state index contributed by atoms with van der Waals surface area (Å²) in [6, 6.07) is 5.80. The minimum atomic E-state index is 0.0173. The highest BCUT2D eigenvalue weighted by atomic mass is 32.2. The largest absolute Gasteiger partial charge is 0.497 e. The first-order valence-electron chi connectivity index (χ1n) is 10.3. The fourth-order valence-electron chi connectivity index (χ4n) is 4.26. The Balaban J connectivity index is 1.47. The van der Waals surface area contributed by atoms with Crippen molar-refractivity contribution >= 4 is 17.7 Å². The quantitative estimate of drug-likeness (QED) is 0.672. The first-order chi connectivity index (χ1) is 14.2. The summed E-state index contributed by atoms with van der Waals surface area (Å²) in [6.45, 7) is 1.72. The maximum Gasteiger partial charge on any atom is 0.233 e. The average molecular weight is 417 g/mol. The number of fused-ring (bicyclic) bond motifs is 1. The average Bonchev–Trinajstić information content (AvgIpc) is 3.32. The molecule has 1 fully saturated rings. The van der Waals surface area contributed by atoms with Crippen molar-refractivity contribution in [3.8, 4) is 11.5 Å². The summed E-state index contributed by atoms with van der Waals surface area (Å²) >= 11 is 1.50. The molecule has 1 aromatic heterocycles. The van der Waals surface area contributed by atoms with Crippen LogP contribution in [0.4, 0.5) is 0 Å². The third kappa shape index (κ3) is 4.22. The van der Waals surface area contributed by atoms with Gasteiger partial charge < -0.3 is 18.9 Å². The SMILES string of the molecule is COc1ccc(OC)c(C2CCCN2C(=O)CSc2nnc3n2CCCCC3)c1. The lowest BCUT2D eigenvalue weighted by Crippen LogP contribution is -2.32. The van der Waals surface area contributed by atoms with Gasteiger partial charge in [0.05, 0.1) is 26.0 Å². The van der Waals surface area contributed by atoms with Crippen molar-refractivity contribution in [2.45, 2.75) is 56.3 Å². The summed E-state index contributed by atoms with van der Waals surface area (Å²) in [5.41, 5.74) is 1.01. The molecule has 1 atom stereocenters. The van der Waals surface area contributed by atoms with Crippen LogP contribution in [0, 0.1) is 0 Å². The Morgan fingerprint density at radius 1 is 1.14 bits per heavy atom. The van der Waals surface area contributed by atoms with Crippen molar-refractivity contribution in [3.63, 3.8) is 0 Å². The molecule has 4 rings (SSSR count). The van der Waals surface area contributed by atoms with Gasteiger partial charge in [0.1, 0.15) is 17.3 Å². The van der Waals surface area contributed by atoms with Crippen LogP contribution >= 0.6 is 11.8 Å². The van der Waals surface area contributed by atoms with Gasteiger partial charge in [-0.25, -0.2) is 0 Å². The van der Waals surface area contributed by atoms with E-state index in [2.05, 4.69) is 14.8 Å². The molecule has 0 N–H and O–H groups in total. The Kier molecular flexibility index (Phi) is 6.28. The molecule has 2 aliphatic heterocycles. The van der Waals surface area contributed by atoms with E-state index < -0.39 is 0 Å². The number of aromatic nitrogens is 3. The summed E-state index contributed by atoms with van der Waals surface area (Å²) < 4.78 is 13.1. The molecule has 0 radical (unpaired) electrons. The number of ether oxygens (including phenoxy) is 2. The molecule has 1 aromatic carbocycles. The van der Waals surface area contributed by atoms with Gasteiger partial charge in [-0.15, -0.1) is 10.2 Å². The van der Waals surface area contributed by atoms with Crippen LogP contribution < -0.4 is 9.47 Å². The molecule has 1 saturated heterocycles. The van der Waals surface area contributed by atoms with Gasteiger partial charge in [-0.2, -0.15) is 0 Å². The molecule has 0 bridgehead atoms. The normalized spacial score (nSPS) is 19.0. The second kappa shape index (κ2) is 9.07. The Labute approximate surface area is 175 Å². The van der Waals surface area contributed by atoms with Crippen LogP contribution in [-0.4, -0.2) is 52.1 Å². The lowest BCUT2D eigenvalue weighted by molar-refractivity contribution is -0.129. The number of methoxy groups -OCH3 is 2. The van der Waals surface area contributed by atoms with Crippen LogP contribution in [-0.2, 0) is 17.8 Å². The number of benzene rings is 1. The number of hydrogen-bond donors (Lipinski definition) is 0. The molecule has 0 aliphatic carbocycles. The number of carbonyl (C=O) groups excluding carboxylic acids is 1. The van der Waals surface area contributed by atoms with Gasteiger partial charge >= 0.3 is 0 Å². The second-order valence-corrected chi connectivity index (χ2v) is 8.45. The highest BCUT2D eigenvalue weighted by Crippen LogP contribution is 2.39. The standard InChI is InChI=1S/C21H28N4O3S/c1-27-15-9-10-18(28-2)16(13-15)17-7-6-12-24(17)20(26)14-29-21-23-22-19-8-4-3-5-11-25(19)21/h9-10,13,17H,3-8,11-12,14H2,1-2H3. The molecule has 29 heavy (non-hydrogen) atoms. The zero-order valence-corrected chi connectivity index (χ0v) is 17.9. The maximum atomic E-state index is 13.1. The molecule has 1 unspecified atom stereocenters. The van der Waals surface area contributed by atoms with Gasteiger partial charge in [-0.05, 0) is 43.9 Å². The Hall–Kier alpha value is -2.22. The van der Waals surface area contributed by atoms with Crippen molar-refractivity contribution in [3.05, 3.63) is 29.6 Å². The minimum absolute atomic E-state index is 0.0173. The molecule has 8 heteroatoms. The number of likely N-dealkylation sites (tertiary alicyclic amines) is 1. The number of aryl methyl sites for hydroxylation is 1. The van der Waals surface area contributed by atoms with Gasteiger partial charge in [0.15, 0.2) is 5.16 Å². The highest BCUT2D eigenvalue weighted by molar-refractivity contribution is 7.99. The summed E-state index contributed by atoms with van der Waals surface area (Å²) in [4.78, 5) is 15.1. The molecule has 0 spiro atoms. The molecule has 1 amide bonds. The Bertz CT molecular complexity index is 870. The van der Waals surface area contributed by atoms with Gasteiger partial charge in [0.2, 0.25) is 5.91 Å². The molecule has 2 aromatic rings. The van der Waals surface area contributed by atoms with Crippen molar-refractivity contribution in [2.75, 3.05) is 26.5 Å². The lowest BCUT2D eigenvalue weighted by Gasteiger charge is -2.26. The van der Waals surface area contributed by atoms with Gasteiger partial charge in [0, 0.05) is 25.1 Å². The molecular formula is C21H28N4O3S. The number of thioether (sulfide) groups is 1. The van der Waals surface area contributed by atoms with Crippen LogP contribution in [0.3, 0.4) is 0 Å². The summed E-state index contributed by atoms with van der Waals surface area (Å²) in [5.74, 6) is 3.14. The predicted molar refractivity (Wildman–Crippen MR) is 112 cm³/mol. The molecule has 0 saturated carbocycles. The molecule has 2 aliphatic rings. The lowest BCUT2D eigenvalue weighted by atomic mass is 10.0. The monoisotopic (exact) mass is 416 g/mol. The van der Waals surface area contributed by atoms with E-state index in [1.54, 1.807) is 14.2 Å². The van der Waals surface area contributed by atoms with E-state index in [0.717, 1.165) is 66.8 Å². The molecule has 7 nitrogen and oxygen atoms in total. The topological polar surface area (TPSA) is 69.5 Å². The van der Waals surface area contributed by atoms with E-state index in [1.807, 2.05) is 23.1 Å². The van der Waals surface area contributed by atoms with Gasteiger partial charge in [0.25, 0.3) is 0 Å². The fraction of sp³-hybridized carbons (Fsp3) is 0.571. The van der Waals surface area contributed by atoms with Crippen LogP contribution in [0.1, 0.15) is 49.5 Å². The number of nitrogens with zero attached hydrogens (tertiary/aromatic N) is 4. The van der Waals surface area contributed by atoms with E-state index in [9.17, 15) is 4.79 Å². The van der Waals surface area contributed by atoms with Crippen molar-refractivity contribution in [1.82, 2.24) is 19.7 Å². The van der Waals surface area contributed by atoms with E-state index in [0.29, 0.717) is 5.75 Å². The Morgan fingerprint density at radius 3 is 2.86 bits per heavy atom. The zero-order valence-electron chi connectivity index (χ0n) is 17.1. The van der Waals surface area contributed by atoms with Crippen molar-refractivity contribution in [2.24, 2.45) is 0 Å². The van der Waals surface area contributed by atoms with E-state index in [-0.39, 0.29) is 11.9 Å². The third-order valence-electron chi connectivity index (χ3n) is 5.77. The second-order valence-electron chi connectivity index (χ2n) is 7.50. The van der Waals surface area contributed by atoms with Crippen LogP contribution in [0.15, 0.2) is 23.4 Å². The third-order valence-corrected chi connectivity index (χ3v) is 6.72. The van der Waals surface area contributed by atoms with Crippen LogP contribution in [0.2, 0.25) is 0 Å². The Morgan fingerprint density at radius 2 is 2.03 bits per heavy atom. The minimum Gasteiger partial charge on any atom is -0.497 e. The molecule has 3 heterocycles. The van der Waals surface area contributed by atoms with Gasteiger partial charge in [-0.3, -0.25) is 4.79 Å². The maximum absolute atomic E-state index is 13.1. The first-order valence-corrected chi connectivity index (χ1v) is 11.3. The smallest absolute Gasteiger partial charge is 0.233 e. The fourth-order valence-corrected chi connectivity index (χ4v) is 5.13. The van der Waals surface area contributed by atoms with E-state index >= 15 is 0 Å². The number of hydrogen-bond acceptors (Lipinski definition) is 6. The van der Waals surface area contributed by atoms with Crippen LogP contribution in [0.25, 0.3) is 0 Å². The van der Waals surface area contributed by atoms with E-state index in [1.165, 1.54) is 24.6 Å². The number of rotatable bonds is 6. The van der Waals surface area contributed by atoms with Gasteiger partial charge in [-0.1, -0.05) is 18.2 Å². The first kappa shape index (κ1) is 20.1. The predicted octanol–water partition coefficient (Wildman–Crippen LogP) is 3.48. The molecular weight excluding hydrogens is 388 g/mol. The summed E-state index contributed by atoms with van der Waals surface area (Å²) in [7, 11) is 3.32. The number of amides is 1.